The van der Waals surface area contributed by atoms with Gasteiger partial charge in [-0.05, 0) is 34.7 Å². The minimum Gasteiger partial charge on any atom is -0.508 e. The number of aromatic nitrogens is 4. The molecule has 0 radical (unpaired) electrons. The van der Waals surface area contributed by atoms with Crippen LogP contribution in [-0.4, -0.2) is 44.0 Å². The summed E-state index contributed by atoms with van der Waals surface area (Å²) in [7, 11) is 1.58. The molecule has 0 bridgehead atoms. The average molecular weight is 265 g/mol. The van der Waals surface area contributed by atoms with Crippen LogP contribution < -0.4 is 5.32 Å². The van der Waals surface area contributed by atoms with E-state index in [2.05, 4.69) is 20.8 Å². The largest absolute Gasteiger partial charge is 0.508 e. The maximum Gasteiger partial charge on any atom is 0.230 e. The number of nitrogens with one attached hydrogen (secondary N) is 1. The van der Waals surface area contributed by atoms with Crippen molar-refractivity contribution in [2.24, 2.45) is 0 Å². The van der Waals surface area contributed by atoms with E-state index in [-0.39, 0.29) is 17.4 Å². The molecule has 0 atom stereocenters. The van der Waals surface area contributed by atoms with E-state index in [1.165, 1.54) is 16.4 Å². The Labute approximate surface area is 107 Å². The van der Waals surface area contributed by atoms with Gasteiger partial charge < -0.3 is 10.4 Å². The van der Waals surface area contributed by atoms with E-state index >= 15 is 0 Å². The molecule has 18 heavy (non-hydrogen) atoms. The van der Waals surface area contributed by atoms with Gasteiger partial charge >= 0.3 is 0 Å². The normalized spacial score (nSPS) is 10.3. The van der Waals surface area contributed by atoms with Gasteiger partial charge in [0.05, 0.1) is 11.4 Å². The van der Waals surface area contributed by atoms with Crippen molar-refractivity contribution >= 4 is 17.7 Å². The molecule has 1 heterocycles. The molecule has 8 heteroatoms. The molecule has 1 amide bonds. The second-order valence-electron chi connectivity index (χ2n) is 3.35. The fourth-order valence-electron chi connectivity index (χ4n) is 1.23. The first-order chi connectivity index (χ1) is 8.70. The lowest BCUT2D eigenvalue weighted by Gasteiger charge is -2.03. The van der Waals surface area contributed by atoms with Crippen molar-refractivity contribution in [3.8, 4) is 11.4 Å². The van der Waals surface area contributed by atoms with E-state index in [1.54, 1.807) is 31.3 Å². The summed E-state index contributed by atoms with van der Waals surface area (Å²) in [6.07, 6.45) is 0. The number of phenolic OH excluding ortho intramolecular Hbond substituents is 1. The standard InChI is InChI=1S/C10H11N5O2S/c1-11-9(17)6-18-10-12-13-14-15(10)7-2-4-8(16)5-3-7/h2-5,16H,6H2,1H3,(H,11,17). The molecule has 1 aromatic heterocycles. The van der Waals surface area contributed by atoms with E-state index in [0.717, 1.165) is 5.69 Å². The van der Waals surface area contributed by atoms with Gasteiger partial charge in [-0.2, -0.15) is 4.68 Å². The van der Waals surface area contributed by atoms with Crippen LogP contribution >= 0.6 is 11.8 Å². The fourth-order valence-corrected chi connectivity index (χ4v) is 1.99. The Morgan fingerprint density at radius 2 is 2.17 bits per heavy atom. The zero-order valence-corrected chi connectivity index (χ0v) is 10.4. The van der Waals surface area contributed by atoms with Gasteiger partial charge in [0, 0.05) is 7.05 Å². The predicted molar refractivity (Wildman–Crippen MR) is 65.6 cm³/mol. The number of carbonyl (C=O) groups excluding carboxylic acids is 1. The first kappa shape index (κ1) is 12.4. The summed E-state index contributed by atoms with van der Waals surface area (Å²) >= 11 is 1.24. The third-order valence-corrected chi connectivity index (χ3v) is 3.07. The lowest BCUT2D eigenvalue weighted by Crippen LogP contribution is -2.20. The highest BCUT2D eigenvalue weighted by atomic mass is 32.2. The van der Waals surface area contributed by atoms with Crippen LogP contribution in [0.3, 0.4) is 0 Å². The van der Waals surface area contributed by atoms with Gasteiger partial charge in [-0.15, -0.1) is 5.10 Å². The molecule has 0 spiro atoms. The van der Waals surface area contributed by atoms with Crippen molar-refractivity contribution in [3.05, 3.63) is 24.3 Å². The number of tetrazole rings is 1. The summed E-state index contributed by atoms with van der Waals surface area (Å²) in [4.78, 5) is 11.2. The third-order valence-electron chi connectivity index (χ3n) is 2.15. The number of thioether (sulfide) groups is 1. The number of carbonyl (C=O) groups is 1. The molecular formula is C10H11N5O2S. The molecular weight excluding hydrogens is 254 g/mol. The molecule has 0 aliphatic carbocycles. The van der Waals surface area contributed by atoms with E-state index in [4.69, 9.17) is 0 Å². The Balaban J connectivity index is 2.17. The molecule has 0 fully saturated rings. The van der Waals surface area contributed by atoms with Crippen LogP contribution in [0.1, 0.15) is 0 Å². The Bertz CT molecular complexity index is 539. The molecule has 2 aromatic rings. The van der Waals surface area contributed by atoms with Crippen LogP contribution in [0.25, 0.3) is 5.69 Å². The number of hydrogen-bond donors (Lipinski definition) is 2. The van der Waals surface area contributed by atoms with E-state index in [1.807, 2.05) is 0 Å². The van der Waals surface area contributed by atoms with E-state index < -0.39 is 0 Å². The van der Waals surface area contributed by atoms with Gasteiger partial charge in [0.1, 0.15) is 5.75 Å². The van der Waals surface area contributed by atoms with Gasteiger partial charge in [0.15, 0.2) is 0 Å². The first-order valence-electron chi connectivity index (χ1n) is 5.12. The van der Waals surface area contributed by atoms with Crippen molar-refractivity contribution < 1.29 is 9.90 Å². The molecule has 0 aliphatic rings. The second-order valence-corrected chi connectivity index (χ2v) is 4.29. The molecule has 94 valence electrons. The quantitative estimate of drug-likeness (QED) is 0.767. The Morgan fingerprint density at radius 1 is 1.44 bits per heavy atom. The van der Waals surface area contributed by atoms with E-state index in [0.29, 0.717) is 5.16 Å². The molecule has 0 saturated carbocycles. The van der Waals surface area contributed by atoms with Crippen molar-refractivity contribution in [2.75, 3.05) is 12.8 Å². The molecule has 7 nitrogen and oxygen atoms in total. The zero-order valence-electron chi connectivity index (χ0n) is 9.57. The lowest BCUT2D eigenvalue weighted by molar-refractivity contribution is -0.118. The summed E-state index contributed by atoms with van der Waals surface area (Å²) in [6, 6.07) is 6.47. The summed E-state index contributed by atoms with van der Waals surface area (Å²) in [5.74, 6) is 0.321. The number of amides is 1. The summed E-state index contributed by atoms with van der Waals surface area (Å²) in [6.45, 7) is 0. The first-order valence-corrected chi connectivity index (χ1v) is 6.10. The monoisotopic (exact) mass is 265 g/mol. The van der Waals surface area contributed by atoms with Crippen molar-refractivity contribution in [1.82, 2.24) is 25.5 Å². The topological polar surface area (TPSA) is 92.9 Å². The van der Waals surface area contributed by atoms with Crippen LogP contribution in [-0.2, 0) is 4.79 Å². The SMILES string of the molecule is CNC(=O)CSc1nnnn1-c1ccc(O)cc1. The highest BCUT2D eigenvalue weighted by molar-refractivity contribution is 7.99. The Morgan fingerprint density at radius 3 is 2.83 bits per heavy atom. The number of rotatable bonds is 4. The Hall–Kier alpha value is -2.09. The smallest absolute Gasteiger partial charge is 0.230 e. The minimum atomic E-state index is -0.0970. The molecule has 2 N–H and O–H groups in total. The fraction of sp³-hybridized carbons (Fsp3) is 0.200. The van der Waals surface area contributed by atoms with Gasteiger partial charge in [-0.1, -0.05) is 11.8 Å². The van der Waals surface area contributed by atoms with Gasteiger partial charge in [0.2, 0.25) is 11.1 Å². The van der Waals surface area contributed by atoms with Crippen molar-refractivity contribution in [3.63, 3.8) is 0 Å². The number of aromatic hydroxyl groups is 1. The highest BCUT2D eigenvalue weighted by Crippen LogP contribution is 2.19. The van der Waals surface area contributed by atoms with Crippen LogP contribution in [0.4, 0.5) is 0 Å². The van der Waals surface area contributed by atoms with Gasteiger partial charge in [0.25, 0.3) is 0 Å². The summed E-state index contributed by atoms with van der Waals surface area (Å²) < 4.78 is 1.51. The van der Waals surface area contributed by atoms with Crippen molar-refractivity contribution in [2.45, 2.75) is 5.16 Å². The van der Waals surface area contributed by atoms with Crippen molar-refractivity contribution in [1.29, 1.82) is 0 Å². The number of nitrogens with zero attached hydrogens (tertiary/aromatic N) is 4. The zero-order chi connectivity index (χ0) is 13.0. The average Bonchev–Trinajstić information content (AvgIpc) is 2.85. The molecule has 0 saturated heterocycles. The molecule has 1 aromatic carbocycles. The Kier molecular flexibility index (Phi) is 3.78. The predicted octanol–water partition coefficient (Wildman–Crippen LogP) is 0.206. The van der Waals surface area contributed by atoms with Crippen LogP contribution in [0.5, 0.6) is 5.75 Å². The number of phenols is 1. The number of hydrogen-bond acceptors (Lipinski definition) is 6. The highest BCUT2D eigenvalue weighted by Gasteiger charge is 2.10. The van der Waals surface area contributed by atoms with Gasteiger partial charge in [-0.3, -0.25) is 4.79 Å². The lowest BCUT2D eigenvalue weighted by atomic mass is 10.3. The number of benzene rings is 1. The molecule has 2 rings (SSSR count). The third kappa shape index (κ3) is 2.77. The van der Waals surface area contributed by atoms with Gasteiger partial charge in [-0.25, -0.2) is 0 Å². The second kappa shape index (κ2) is 5.50. The minimum absolute atomic E-state index is 0.0970. The summed E-state index contributed by atoms with van der Waals surface area (Å²) in [5, 5.41) is 23.5. The van der Waals surface area contributed by atoms with E-state index in [9.17, 15) is 9.90 Å². The van der Waals surface area contributed by atoms with Crippen LogP contribution in [0.2, 0.25) is 0 Å². The molecule has 0 unspecified atom stereocenters. The van der Waals surface area contributed by atoms with Crippen LogP contribution in [0, 0.1) is 0 Å². The summed E-state index contributed by atoms with van der Waals surface area (Å²) in [5.41, 5.74) is 0.720. The van der Waals surface area contributed by atoms with Crippen LogP contribution in [0.15, 0.2) is 29.4 Å². The maximum absolute atomic E-state index is 11.2. The molecule has 0 aliphatic heterocycles. The maximum atomic E-state index is 11.2.